The van der Waals surface area contributed by atoms with Crippen LogP contribution in [0, 0.1) is 10.1 Å². The second kappa shape index (κ2) is 5.24. The summed E-state index contributed by atoms with van der Waals surface area (Å²) in [6.45, 7) is 0. The van der Waals surface area contributed by atoms with E-state index in [9.17, 15) is 18.5 Å². The maximum absolute atomic E-state index is 10.7. The minimum atomic E-state index is -4.63. The molecule has 1 rings (SSSR count). The first-order valence-electron chi connectivity index (χ1n) is 3.24. The molecule has 0 aromatic heterocycles. The molecule has 0 fully saturated rings. The number of nitrogens with zero attached hydrogens (tertiary/aromatic N) is 1. The Bertz CT molecular complexity index is 488. The van der Waals surface area contributed by atoms with E-state index in [2.05, 4.69) is 0 Å². The SMILES string of the molecule is O=[N+]([O-])c1ccc(Cl)cc1S(=O)(=O)O.[NaH]. The molecular formula is C6H5ClNNaO5S. The van der Waals surface area contributed by atoms with Gasteiger partial charge in [-0.25, -0.2) is 0 Å². The molecule has 1 N–H and O–H groups in total. The number of rotatable bonds is 2. The van der Waals surface area contributed by atoms with E-state index < -0.39 is 25.6 Å². The maximum atomic E-state index is 10.7. The second-order valence-electron chi connectivity index (χ2n) is 2.34. The standard InChI is InChI=1S/C6H4ClNO5S.Na.H/c7-4-1-2-5(8(9)10)6(3-4)14(11,12)13;;/h1-3H,(H,11,12,13);;. The predicted octanol–water partition coefficient (Wildman–Crippen LogP) is 0.846. The van der Waals surface area contributed by atoms with Gasteiger partial charge in [0.05, 0.1) is 4.92 Å². The number of nitro groups is 1. The van der Waals surface area contributed by atoms with Gasteiger partial charge in [-0.05, 0) is 12.1 Å². The van der Waals surface area contributed by atoms with E-state index in [4.69, 9.17) is 16.2 Å². The van der Waals surface area contributed by atoms with Crippen molar-refractivity contribution in [1.82, 2.24) is 0 Å². The van der Waals surface area contributed by atoms with Crippen LogP contribution in [0.1, 0.15) is 0 Å². The zero-order valence-electron chi connectivity index (χ0n) is 6.55. The van der Waals surface area contributed by atoms with E-state index >= 15 is 0 Å². The van der Waals surface area contributed by atoms with Crippen LogP contribution in [0.3, 0.4) is 0 Å². The monoisotopic (exact) mass is 261 g/mol. The Labute approximate surface area is 112 Å². The van der Waals surface area contributed by atoms with Gasteiger partial charge in [-0.3, -0.25) is 14.7 Å². The molecule has 78 valence electrons. The van der Waals surface area contributed by atoms with Crippen LogP contribution in [0.15, 0.2) is 23.1 Å². The average molecular weight is 262 g/mol. The van der Waals surface area contributed by atoms with Crippen molar-refractivity contribution in [3.8, 4) is 0 Å². The van der Waals surface area contributed by atoms with Crippen molar-refractivity contribution >= 4 is 57.0 Å². The summed E-state index contributed by atoms with van der Waals surface area (Å²) in [5.74, 6) is 0. The quantitative estimate of drug-likeness (QED) is 0.368. The summed E-state index contributed by atoms with van der Waals surface area (Å²) < 4.78 is 30.1. The molecule has 6 nitrogen and oxygen atoms in total. The van der Waals surface area contributed by atoms with Crippen molar-refractivity contribution in [3.05, 3.63) is 33.3 Å². The van der Waals surface area contributed by atoms with Crippen LogP contribution in [-0.2, 0) is 10.1 Å². The second-order valence-corrected chi connectivity index (χ2v) is 4.17. The molecule has 15 heavy (non-hydrogen) atoms. The van der Waals surface area contributed by atoms with Gasteiger partial charge in [0.25, 0.3) is 5.69 Å². The first-order chi connectivity index (χ1) is 6.32. The Morgan fingerprint density at radius 1 is 1.40 bits per heavy atom. The number of halogens is 1. The van der Waals surface area contributed by atoms with E-state index in [1.807, 2.05) is 0 Å². The van der Waals surface area contributed by atoms with Crippen LogP contribution < -0.4 is 0 Å². The van der Waals surface area contributed by atoms with Crippen molar-refractivity contribution < 1.29 is 17.9 Å². The van der Waals surface area contributed by atoms with Gasteiger partial charge in [-0.15, -0.1) is 0 Å². The van der Waals surface area contributed by atoms with E-state index in [0.717, 1.165) is 18.2 Å². The van der Waals surface area contributed by atoms with Gasteiger partial charge in [0.2, 0.25) is 0 Å². The average Bonchev–Trinajstić information content (AvgIpc) is 2.01. The molecule has 0 saturated heterocycles. The fourth-order valence-corrected chi connectivity index (χ4v) is 1.76. The molecule has 9 heteroatoms. The molecule has 0 unspecified atom stereocenters. The third-order valence-corrected chi connectivity index (χ3v) is 2.51. The third kappa shape index (κ3) is 3.71. The molecule has 0 aliphatic heterocycles. The van der Waals surface area contributed by atoms with Crippen LogP contribution in [0.5, 0.6) is 0 Å². The molecule has 0 amide bonds. The van der Waals surface area contributed by atoms with Crippen molar-refractivity contribution in [1.29, 1.82) is 0 Å². The van der Waals surface area contributed by atoms with Gasteiger partial charge in [0, 0.05) is 11.1 Å². The van der Waals surface area contributed by atoms with Crippen LogP contribution in [-0.4, -0.2) is 47.5 Å². The summed E-state index contributed by atoms with van der Waals surface area (Å²) in [5.41, 5.74) is -0.711. The van der Waals surface area contributed by atoms with Crippen molar-refractivity contribution in [3.63, 3.8) is 0 Å². The van der Waals surface area contributed by atoms with Crippen LogP contribution in [0.25, 0.3) is 0 Å². The van der Waals surface area contributed by atoms with Crippen molar-refractivity contribution in [2.45, 2.75) is 4.90 Å². The molecule has 0 heterocycles. The van der Waals surface area contributed by atoms with Crippen molar-refractivity contribution in [2.75, 3.05) is 0 Å². The fraction of sp³-hybridized carbons (Fsp3) is 0. The number of nitro benzene ring substituents is 1. The van der Waals surface area contributed by atoms with E-state index in [0.29, 0.717) is 0 Å². The number of hydrogen-bond acceptors (Lipinski definition) is 4. The molecule has 0 spiro atoms. The molecule has 0 aliphatic carbocycles. The zero-order chi connectivity index (χ0) is 10.9. The Balaban J connectivity index is 0.00000196. The normalized spacial score (nSPS) is 10.5. The minimum absolute atomic E-state index is 0. The fourth-order valence-electron chi connectivity index (χ4n) is 0.845. The number of benzene rings is 1. The summed E-state index contributed by atoms with van der Waals surface area (Å²) in [4.78, 5) is 8.64. The number of hydrogen-bond donors (Lipinski definition) is 1. The Morgan fingerprint density at radius 2 is 1.93 bits per heavy atom. The molecule has 0 aliphatic rings. The molecule has 0 atom stereocenters. The third-order valence-electron chi connectivity index (χ3n) is 1.40. The first-order valence-corrected chi connectivity index (χ1v) is 5.05. The zero-order valence-corrected chi connectivity index (χ0v) is 8.12. The summed E-state index contributed by atoms with van der Waals surface area (Å²) in [6, 6.07) is 2.88. The summed E-state index contributed by atoms with van der Waals surface area (Å²) in [7, 11) is -4.63. The van der Waals surface area contributed by atoms with Gasteiger partial charge >= 0.3 is 39.7 Å². The van der Waals surface area contributed by atoms with Crippen LogP contribution >= 0.6 is 11.6 Å². The summed E-state index contributed by atoms with van der Waals surface area (Å²) in [5, 5.41) is 10.4. The molecule has 1 aromatic rings. The Morgan fingerprint density at radius 3 is 2.33 bits per heavy atom. The van der Waals surface area contributed by atoms with Gasteiger partial charge in [-0.2, -0.15) is 8.42 Å². The molecule has 1 aromatic carbocycles. The van der Waals surface area contributed by atoms with E-state index in [1.165, 1.54) is 0 Å². The predicted molar refractivity (Wildman–Crippen MR) is 55.1 cm³/mol. The van der Waals surface area contributed by atoms with E-state index in [-0.39, 0.29) is 34.6 Å². The van der Waals surface area contributed by atoms with Gasteiger partial charge in [0.15, 0.2) is 4.90 Å². The van der Waals surface area contributed by atoms with E-state index in [1.54, 1.807) is 0 Å². The first kappa shape index (κ1) is 14.8. The molecule has 0 bridgehead atoms. The van der Waals surface area contributed by atoms with Gasteiger partial charge < -0.3 is 0 Å². The molecule has 0 radical (unpaired) electrons. The topological polar surface area (TPSA) is 97.5 Å². The molecular weight excluding hydrogens is 257 g/mol. The molecule has 0 saturated carbocycles. The van der Waals surface area contributed by atoms with Gasteiger partial charge in [0.1, 0.15) is 0 Å². The Hall–Kier alpha value is -0.180. The van der Waals surface area contributed by atoms with Crippen LogP contribution in [0.4, 0.5) is 5.69 Å². The summed E-state index contributed by atoms with van der Waals surface area (Å²) >= 11 is 5.43. The van der Waals surface area contributed by atoms with Gasteiger partial charge in [-0.1, -0.05) is 11.6 Å². The van der Waals surface area contributed by atoms with Crippen molar-refractivity contribution in [2.24, 2.45) is 0 Å². The Kier molecular flexibility index (Phi) is 5.18. The van der Waals surface area contributed by atoms with Crippen LogP contribution in [0.2, 0.25) is 5.02 Å². The summed E-state index contributed by atoms with van der Waals surface area (Å²) in [6.07, 6.45) is 0.